The standard InChI is InChI=1S/C20H26ClN5O2/c1-2-24-11-13-25(14-12-24)19(27)16-7-9-26(10-8-16)20-22-18(23-28-20)15-3-5-17(21)6-4-15/h3-6,16H,2,7-14H2,1H3. The number of likely N-dealkylation sites (N-methyl/N-ethyl adjacent to an activating group) is 1. The number of piperidine rings is 1. The molecule has 0 spiro atoms. The number of amides is 1. The summed E-state index contributed by atoms with van der Waals surface area (Å²) in [5, 5.41) is 4.76. The first-order chi connectivity index (χ1) is 13.6. The molecule has 7 nitrogen and oxygen atoms in total. The van der Waals surface area contributed by atoms with E-state index in [1.54, 1.807) is 0 Å². The molecule has 0 saturated carbocycles. The maximum atomic E-state index is 12.8. The molecule has 8 heteroatoms. The lowest BCUT2D eigenvalue weighted by molar-refractivity contribution is -0.138. The van der Waals surface area contributed by atoms with Crippen molar-refractivity contribution in [1.82, 2.24) is 19.9 Å². The molecule has 28 heavy (non-hydrogen) atoms. The molecule has 1 aromatic carbocycles. The fourth-order valence-corrected chi connectivity index (χ4v) is 4.05. The molecule has 150 valence electrons. The van der Waals surface area contributed by atoms with Gasteiger partial charge >= 0.3 is 6.01 Å². The van der Waals surface area contributed by atoms with Gasteiger partial charge in [0, 0.05) is 55.8 Å². The Hall–Kier alpha value is -2.12. The minimum absolute atomic E-state index is 0.100. The van der Waals surface area contributed by atoms with Crippen LogP contribution in [-0.4, -0.2) is 71.7 Å². The molecule has 0 bridgehead atoms. The molecule has 1 aromatic heterocycles. The minimum Gasteiger partial charge on any atom is -0.340 e. The van der Waals surface area contributed by atoms with Gasteiger partial charge in [0.2, 0.25) is 11.7 Å². The highest BCUT2D eigenvalue weighted by atomic mass is 35.5. The first-order valence-electron chi connectivity index (χ1n) is 10.00. The molecule has 4 rings (SSSR count). The number of aromatic nitrogens is 2. The van der Waals surface area contributed by atoms with E-state index in [2.05, 4.69) is 26.9 Å². The summed E-state index contributed by atoms with van der Waals surface area (Å²) in [5.74, 6) is 0.963. The van der Waals surface area contributed by atoms with Crippen LogP contribution in [0.15, 0.2) is 28.8 Å². The van der Waals surface area contributed by atoms with Crippen LogP contribution in [0.2, 0.25) is 5.02 Å². The Bertz CT molecular complexity index is 793. The van der Waals surface area contributed by atoms with Crippen molar-refractivity contribution in [3.05, 3.63) is 29.3 Å². The Labute approximate surface area is 170 Å². The highest BCUT2D eigenvalue weighted by Crippen LogP contribution is 2.26. The van der Waals surface area contributed by atoms with E-state index < -0.39 is 0 Å². The van der Waals surface area contributed by atoms with Crippen molar-refractivity contribution in [2.45, 2.75) is 19.8 Å². The quantitative estimate of drug-likeness (QED) is 0.782. The lowest BCUT2D eigenvalue weighted by Gasteiger charge is -2.38. The molecular formula is C20H26ClN5O2. The molecule has 2 aromatic rings. The van der Waals surface area contributed by atoms with Gasteiger partial charge in [-0.3, -0.25) is 4.79 Å². The second-order valence-electron chi connectivity index (χ2n) is 7.43. The predicted molar refractivity (Wildman–Crippen MR) is 108 cm³/mol. The van der Waals surface area contributed by atoms with Gasteiger partial charge in [-0.2, -0.15) is 4.98 Å². The summed E-state index contributed by atoms with van der Waals surface area (Å²) < 4.78 is 5.46. The van der Waals surface area contributed by atoms with Crippen LogP contribution in [0.5, 0.6) is 0 Å². The van der Waals surface area contributed by atoms with Gasteiger partial charge in [-0.25, -0.2) is 0 Å². The third-order valence-electron chi connectivity index (χ3n) is 5.76. The number of carbonyl (C=O) groups excluding carboxylic acids is 1. The number of hydrogen-bond acceptors (Lipinski definition) is 6. The largest absolute Gasteiger partial charge is 0.340 e. The number of anilines is 1. The Kier molecular flexibility index (Phi) is 5.82. The van der Waals surface area contributed by atoms with Crippen molar-refractivity contribution in [2.24, 2.45) is 5.92 Å². The Morgan fingerprint density at radius 2 is 1.79 bits per heavy atom. The number of benzene rings is 1. The van der Waals surface area contributed by atoms with Crippen molar-refractivity contribution in [1.29, 1.82) is 0 Å². The van der Waals surface area contributed by atoms with Gasteiger partial charge < -0.3 is 19.2 Å². The van der Waals surface area contributed by atoms with Crippen molar-refractivity contribution in [3.63, 3.8) is 0 Å². The van der Waals surface area contributed by atoms with Crippen molar-refractivity contribution in [2.75, 3.05) is 50.7 Å². The smallest absolute Gasteiger partial charge is 0.324 e. The highest BCUT2D eigenvalue weighted by molar-refractivity contribution is 6.30. The number of carbonyl (C=O) groups is 1. The van der Waals surface area contributed by atoms with Gasteiger partial charge in [0.1, 0.15) is 0 Å². The monoisotopic (exact) mass is 403 g/mol. The average Bonchev–Trinajstić information content (AvgIpc) is 3.24. The summed E-state index contributed by atoms with van der Waals surface area (Å²) in [6, 6.07) is 7.89. The topological polar surface area (TPSA) is 65.7 Å². The van der Waals surface area contributed by atoms with E-state index >= 15 is 0 Å². The van der Waals surface area contributed by atoms with Crippen molar-refractivity contribution < 1.29 is 9.32 Å². The summed E-state index contributed by atoms with van der Waals surface area (Å²) in [6.07, 6.45) is 1.65. The molecule has 0 radical (unpaired) electrons. The lowest BCUT2D eigenvalue weighted by Crippen LogP contribution is -2.51. The molecule has 2 saturated heterocycles. The fraction of sp³-hybridized carbons (Fsp3) is 0.550. The summed E-state index contributed by atoms with van der Waals surface area (Å²) in [4.78, 5) is 23.9. The number of piperazine rings is 1. The van der Waals surface area contributed by atoms with E-state index in [1.807, 2.05) is 29.2 Å². The normalized spacial score (nSPS) is 19.2. The van der Waals surface area contributed by atoms with Crippen molar-refractivity contribution in [3.8, 4) is 11.4 Å². The molecule has 2 aliphatic heterocycles. The number of rotatable bonds is 4. The summed E-state index contributed by atoms with van der Waals surface area (Å²) in [6.45, 7) is 8.40. The molecule has 3 heterocycles. The predicted octanol–water partition coefficient (Wildman–Crippen LogP) is 2.77. The second-order valence-corrected chi connectivity index (χ2v) is 7.86. The fourth-order valence-electron chi connectivity index (χ4n) is 3.92. The first-order valence-corrected chi connectivity index (χ1v) is 10.4. The third-order valence-corrected chi connectivity index (χ3v) is 6.02. The molecule has 2 fully saturated rings. The summed E-state index contributed by atoms with van der Waals surface area (Å²) in [5.41, 5.74) is 0.871. The number of halogens is 1. The van der Waals surface area contributed by atoms with E-state index in [-0.39, 0.29) is 5.92 Å². The van der Waals surface area contributed by atoms with E-state index in [1.165, 1.54) is 0 Å². The van der Waals surface area contributed by atoms with Gasteiger partial charge in [0.25, 0.3) is 0 Å². The zero-order valence-electron chi connectivity index (χ0n) is 16.2. The van der Waals surface area contributed by atoms with Crippen LogP contribution in [0.1, 0.15) is 19.8 Å². The molecule has 0 N–H and O–H groups in total. The van der Waals surface area contributed by atoms with E-state index in [0.29, 0.717) is 22.8 Å². The van der Waals surface area contributed by atoms with E-state index in [0.717, 1.165) is 64.2 Å². The van der Waals surface area contributed by atoms with Crippen LogP contribution >= 0.6 is 11.6 Å². The maximum absolute atomic E-state index is 12.8. The SMILES string of the molecule is CCN1CCN(C(=O)C2CCN(c3nc(-c4ccc(Cl)cc4)no3)CC2)CC1. The van der Waals surface area contributed by atoms with Crippen LogP contribution in [0, 0.1) is 5.92 Å². The van der Waals surface area contributed by atoms with Crippen LogP contribution in [0.25, 0.3) is 11.4 Å². The summed E-state index contributed by atoms with van der Waals surface area (Å²) in [7, 11) is 0. The van der Waals surface area contributed by atoms with Crippen molar-refractivity contribution >= 4 is 23.5 Å². The first kappa shape index (κ1) is 19.2. The van der Waals surface area contributed by atoms with Gasteiger partial charge in [-0.05, 0) is 43.7 Å². The van der Waals surface area contributed by atoms with Gasteiger partial charge in [0.15, 0.2) is 0 Å². The van der Waals surface area contributed by atoms with E-state index in [9.17, 15) is 4.79 Å². The van der Waals surface area contributed by atoms with Crippen LogP contribution in [0.3, 0.4) is 0 Å². The second kappa shape index (κ2) is 8.49. The Morgan fingerprint density at radius 1 is 1.11 bits per heavy atom. The zero-order chi connectivity index (χ0) is 19.5. The Morgan fingerprint density at radius 3 is 2.43 bits per heavy atom. The number of hydrogen-bond donors (Lipinski definition) is 0. The Balaban J connectivity index is 1.32. The molecule has 2 aliphatic rings. The molecular weight excluding hydrogens is 378 g/mol. The van der Waals surface area contributed by atoms with Crippen LogP contribution in [0.4, 0.5) is 6.01 Å². The molecule has 0 aliphatic carbocycles. The highest BCUT2D eigenvalue weighted by Gasteiger charge is 2.31. The minimum atomic E-state index is 0.100. The molecule has 0 unspecified atom stereocenters. The van der Waals surface area contributed by atoms with Crippen LogP contribution < -0.4 is 4.90 Å². The average molecular weight is 404 g/mol. The third kappa shape index (κ3) is 4.15. The van der Waals surface area contributed by atoms with E-state index in [4.69, 9.17) is 16.1 Å². The lowest BCUT2D eigenvalue weighted by atomic mass is 9.95. The van der Waals surface area contributed by atoms with Gasteiger partial charge in [0.05, 0.1) is 0 Å². The zero-order valence-corrected chi connectivity index (χ0v) is 16.9. The molecule has 1 amide bonds. The maximum Gasteiger partial charge on any atom is 0.324 e. The number of nitrogens with zero attached hydrogens (tertiary/aromatic N) is 5. The molecule has 0 atom stereocenters. The van der Waals surface area contributed by atoms with Gasteiger partial charge in [-0.1, -0.05) is 23.7 Å². The van der Waals surface area contributed by atoms with Gasteiger partial charge in [-0.15, -0.1) is 0 Å². The van der Waals surface area contributed by atoms with Crippen LogP contribution in [-0.2, 0) is 4.79 Å². The summed E-state index contributed by atoms with van der Waals surface area (Å²) >= 11 is 5.93.